The molecule has 27 heavy (non-hydrogen) atoms. The maximum Gasteiger partial charge on any atom is 0.291 e. The number of benzene rings is 2. The zero-order valence-corrected chi connectivity index (χ0v) is 15.9. The summed E-state index contributed by atoms with van der Waals surface area (Å²) in [5, 5.41) is 5.44. The van der Waals surface area contributed by atoms with E-state index in [0.717, 1.165) is 16.1 Å². The number of rotatable bonds is 6. The molecule has 1 aromatic heterocycles. The molecule has 0 spiro atoms. The first-order valence-electron chi connectivity index (χ1n) is 8.50. The average Bonchev–Trinajstić information content (AvgIpc) is 3.18. The maximum absolute atomic E-state index is 12.4. The van der Waals surface area contributed by atoms with Crippen molar-refractivity contribution in [3.05, 3.63) is 78.3 Å². The van der Waals surface area contributed by atoms with Crippen LogP contribution >= 0.6 is 11.8 Å². The SMILES string of the molecule is Cc1cccc(NC(=O)C(C)Sc2ccc(NC(=O)c3ccco3)cc2)c1. The van der Waals surface area contributed by atoms with E-state index in [1.165, 1.54) is 18.0 Å². The number of furan rings is 1. The minimum atomic E-state index is -0.300. The van der Waals surface area contributed by atoms with Gasteiger partial charge in [0.2, 0.25) is 5.91 Å². The van der Waals surface area contributed by atoms with Crippen LogP contribution in [-0.4, -0.2) is 17.1 Å². The predicted molar refractivity (Wildman–Crippen MR) is 108 cm³/mol. The lowest BCUT2D eigenvalue weighted by Crippen LogP contribution is -2.22. The van der Waals surface area contributed by atoms with Crippen LogP contribution < -0.4 is 10.6 Å². The Morgan fingerprint density at radius 1 is 0.963 bits per heavy atom. The van der Waals surface area contributed by atoms with E-state index < -0.39 is 0 Å². The van der Waals surface area contributed by atoms with Crippen molar-refractivity contribution in [1.29, 1.82) is 0 Å². The summed E-state index contributed by atoms with van der Waals surface area (Å²) in [6, 6.07) is 18.3. The fraction of sp³-hybridized carbons (Fsp3) is 0.143. The zero-order chi connectivity index (χ0) is 19.2. The van der Waals surface area contributed by atoms with Gasteiger partial charge in [-0.15, -0.1) is 11.8 Å². The van der Waals surface area contributed by atoms with E-state index in [4.69, 9.17) is 4.42 Å². The molecule has 1 unspecified atom stereocenters. The molecule has 0 aliphatic rings. The van der Waals surface area contributed by atoms with E-state index in [-0.39, 0.29) is 22.8 Å². The fourth-order valence-electron chi connectivity index (χ4n) is 2.44. The van der Waals surface area contributed by atoms with Gasteiger partial charge in [-0.3, -0.25) is 9.59 Å². The van der Waals surface area contributed by atoms with Crippen LogP contribution in [0.3, 0.4) is 0 Å². The molecule has 0 saturated heterocycles. The van der Waals surface area contributed by atoms with Gasteiger partial charge in [-0.1, -0.05) is 12.1 Å². The molecule has 0 radical (unpaired) electrons. The number of thioether (sulfide) groups is 1. The zero-order valence-electron chi connectivity index (χ0n) is 15.1. The molecule has 2 aromatic carbocycles. The van der Waals surface area contributed by atoms with Crippen LogP contribution in [0.2, 0.25) is 0 Å². The van der Waals surface area contributed by atoms with Crippen molar-refractivity contribution in [3.63, 3.8) is 0 Å². The molecule has 6 heteroatoms. The number of anilines is 2. The second kappa shape index (κ2) is 8.60. The van der Waals surface area contributed by atoms with Gasteiger partial charge in [0.15, 0.2) is 5.76 Å². The van der Waals surface area contributed by atoms with E-state index in [1.54, 1.807) is 24.3 Å². The van der Waals surface area contributed by atoms with E-state index in [1.807, 2.05) is 50.2 Å². The van der Waals surface area contributed by atoms with Gasteiger partial charge in [0.1, 0.15) is 0 Å². The molecule has 3 rings (SSSR count). The number of hydrogen-bond acceptors (Lipinski definition) is 4. The molecule has 138 valence electrons. The maximum atomic E-state index is 12.4. The van der Waals surface area contributed by atoms with E-state index >= 15 is 0 Å². The summed E-state index contributed by atoms with van der Waals surface area (Å²) in [6.07, 6.45) is 1.46. The third kappa shape index (κ3) is 5.24. The third-order valence-corrected chi connectivity index (χ3v) is 4.94. The monoisotopic (exact) mass is 380 g/mol. The summed E-state index contributed by atoms with van der Waals surface area (Å²) in [6.45, 7) is 3.85. The summed E-state index contributed by atoms with van der Waals surface area (Å²) in [7, 11) is 0. The van der Waals surface area contributed by atoms with Gasteiger partial charge in [-0.25, -0.2) is 0 Å². The molecule has 0 fully saturated rings. The van der Waals surface area contributed by atoms with Gasteiger partial charge in [-0.2, -0.15) is 0 Å². The van der Waals surface area contributed by atoms with Crippen molar-refractivity contribution in [2.75, 3.05) is 10.6 Å². The molecule has 0 aliphatic heterocycles. The van der Waals surface area contributed by atoms with Crippen LogP contribution in [0.15, 0.2) is 76.2 Å². The quantitative estimate of drug-likeness (QED) is 0.593. The molecule has 3 aromatic rings. The average molecular weight is 380 g/mol. The van der Waals surface area contributed by atoms with E-state index in [2.05, 4.69) is 10.6 Å². The van der Waals surface area contributed by atoms with Crippen LogP contribution in [0.4, 0.5) is 11.4 Å². The first-order chi connectivity index (χ1) is 13.0. The molecule has 2 N–H and O–H groups in total. The second-order valence-electron chi connectivity index (χ2n) is 6.07. The molecule has 1 heterocycles. The molecule has 2 amide bonds. The van der Waals surface area contributed by atoms with Crippen LogP contribution in [0.1, 0.15) is 23.0 Å². The Kier molecular flexibility index (Phi) is 5.98. The van der Waals surface area contributed by atoms with Gasteiger partial charge in [0.25, 0.3) is 5.91 Å². The lowest BCUT2D eigenvalue weighted by molar-refractivity contribution is -0.115. The van der Waals surface area contributed by atoms with Gasteiger partial charge in [-0.05, 0) is 67.9 Å². The van der Waals surface area contributed by atoms with Gasteiger partial charge < -0.3 is 15.1 Å². The topological polar surface area (TPSA) is 71.3 Å². The van der Waals surface area contributed by atoms with Gasteiger partial charge in [0.05, 0.1) is 11.5 Å². The Bertz CT molecular complexity index is 921. The highest BCUT2D eigenvalue weighted by Gasteiger charge is 2.15. The number of carbonyl (C=O) groups is 2. The lowest BCUT2D eigenvalue weighted by atomic mass is 10.2. The smallest absolute Gasteiger partial charge is 0.291 e. The standard InChI is InChI=1S/C21H20N2O3S/c1-14-5-3-6-17(13-14)23-20(24)15(2)27-18-10-8-16(9-11-18)22-21(25)19-7-4-12-26-19/h3-13,15H,1-2H3,(H,22,25)(H,23,24). The number of hydrogen-bond donors (Lipinski definition) is 2. The summed E-state index contributed by atoms with van der Waals surface area (Å²) >= 11 is 1.46. The lowest BCUT2D eigenvalue weighted by Gasteiger charge is -2.13. The largest absolute Gasteiger partial charge is 0.459 e. The summed E-state index contributed by atoms with van der Waals surface area (Å²) in [4.78, 5) is 25.3. The molecular weight excluding hydrogens is 360 g/mol. The molecule has 0 saturated carbocycles. The minimum absolute atomic E-state index is 0.0548. The Labute approximate surface area is 162 Å². The fourth-order valence-corrected chi connectivity index (χ4v) is 3.31. The number of carbonyl (C=O) groups excluding carboxylic acids is 2. The highest BCUT2D eigenvalue weighted by atomic mass is 32.2. The van der Waals surface area contributed by atoms with Crippen molar-refractivity contribution < 1.29 is 14.0 Å². The number of amides is 2. The van der Waals surface area contributed by atoms with Crippen LogP contribution in [0, 0.1) is 6.92 Å². The minimum Gasteiger partial charge on any atom is -0.459 e. The second-order valence-corrected chi connectivity index (χ2v) is 7.49. The van der Waals surface area contributed by atoms with Crippen molar-refractivity contribution in [1.82, 2.24) is 0 Å². The van der Waals surface area contributed by atoms with Crippen LogP contribution in [-0.2, 0) is 4.79 Å². The van der Waals surface area contributed by atoms with Crippen LogP contribution in [0.5, 0.6) is 0 Å². The summed E-state index contributed by atoms with van der Waals surface area (Å²) < 4.78 is 5.07. The van der Waals surface area contributed by atoms with E-state index in [0.29, 0.717) is 5.69 Å². The van der Waals surface area contributed by atoms with Crippen molar-refractivity contribution in [2.45, 2.75) is 24.0 Å². The Hall–Kier alpha value is -2.99. The number of aryl methyl sites for hydroxylation is 1. The molecule has 0 aliphatic carbocycles. The molecule has 5 nitrogen and oxygen atoms in total. The van der Waals surface area contributed by atoms with Gasteiger partial charge >= 0.3 is 0 Å². The Morgan fingerprint density at radius 2 is 1.74 bits per heavy atom. The predicted octanol–water partition coefficient (Wildman–Crippen LogP) is 4.96. The summed E-state index contributed by atoms with van der Waals surface area (Å²) in [5.41, 5.74) is 2.56. The molecular formula is C21H20N2O3S. The first kappa shape index (κ1) is 18.8. The Balaban J connectivity index is 1.55. The third-order valence-electron chi connectivity index (χ3n) is 3.82. The van der Waals surface area contributed by atoms with Crippen molar-refractivity contribution in [2.24, 2.45) is 0 Å². The number of nitrogens with one attached hydrogen (secondary N) is 2. The van der Waals surface area contributed by atoms with Crippen molar-refractivity contribution in [3.8, 4) is 0 Å². The molecule has 1 atom stereocenters. The highest BCUT2D eigenvalue weighted by molar-refractivity contribution is 8.00. The van der Waals surface area contributed by atoms with Gasteiger partial charge in [0, 0.05) is 16.3 Å². The van der Waals surface area contributed by atoms with Crippen LogP contribution in [0.25, 0.3) is 0 Å². The first-order valence-corrected chi connectivity index (χ1v) is 9.38. The van der Waals surface area contributed by atoms with E-state index in [9.17, 15) is 9.59 Å². The summed E-state index contributed by atoms with van der Waals surface area (Å²) in [5.74, 6) is -0.0954. The Morgan fingerprint density at radius 3 is 2.41 bits per heavy atom. The van der Waals surface area contributed by atoms with Crippen molar-refractivity contribution >= 4 is 35.0 Å². The molecule has 0 bridgehead atoms. The normalized spacial score (nSPS) is 11.6. The highest BCUT2D eigenvalue weighted by Crippen LogP contribution is 2.26.